The average molecular weight is 287 g/mol. The third kappa shape index (κ3) is 3.17. The molecule has 0 spiro atoms. The summed E-state index contributed by atoms with van der Waals surface area (Å²) >= 11 is 0. The molecule has 0 saturated carbocycles. The first-order valence-corrected chi connectivity index (χ1v) is 6.23. The number of ether oxygens (including phenoxy) is 2. The highest BCUT2D eigenvalue weighted by Crippen LogP contribution is 2.32. The molecule has 21 heavy (non-hydrogen) atoms. The van der Waals surface area contributed by atoms with Gasteiger partial charge in [-0.05, 0) is 30.3 Å². The molecule has 5 N–H and O–H groups in total. The third-order valence-electron chi connectivity index (χ3n) is 2.97. The highest BCUT2D eigenvalue weighted by molar-refractivity contribution is 6.00. The van der Waals surface area contributed by atoms with Crippen LogP contribution in [0.3, 0.4) is 0 Å². The van der Waals surface area contributed by atoms with Crippen LogP contribution >= 0.6 is 0 Å². The van der Waals surface area contributed by atoms with E-state index in [2.05, 4.69) is 5.32 Å². The topological polar surface area (TPSA) is 99.6 Å². The third-order valence-corrected chi connectivity index (χ3v) is 2.97. The van der Waals surface area contributed by atoms with Gasteiger partial charge in [-0.1, -0.05) is 0 Å². The van der Waals surface area contributed by atoms with E-state index in [0.29, 0.717) is 28.4 Å². The van der Waals surface area contributed by atoms with E-state index in [1.807, 2.05) is 6.07 Å². The molecule has 6 heteroatoms. The molecule has 0 aliphatic rings. The molecule has 0 aliphatic heterocycles. The van der Waals surface area contributed by atoms with E-state index in [0.717, 1.165) is 5.69 Å². The van der Waals surface area contributed by atoms with Crippen molar-refractivity contribution in [2.75, 3.05) is 25.3 Å². The summed E-state index contributed by atoms with van der Waals surface area (Å²) in [7, 11) is 3.12. The van der Waals surface area contributed by atoms with Crippen LogP contribution in [0.4, 0.5) is 17.1 Å². The van der Waals surface area contributed by atoms with E-state index < -0.39 is 5.91 Å². The number of nitrogens with one attached hydrogen (secondary N) is 1. The van der Waals surface area contributed by atoms with Crippen LogP contribution in [-0.2, 0) is 0 Å². The largest absolute Gasteiger partial charge is 0.493 e. The Bertz CT molecular complexity index is 671. The van der Waals surface area contributed by atoms with Gasteiger partial charge in [0, 0.05) is 17.4 Å². The molecule has 0 heterocycles. The van der Waals surface area contributed by atoms with E-state index >= 15 is 0 Å². The lowest BCUT2D eigenvalue weighted by atomic mass is 10.1. The van der Waals surface area contributed by atoms with Crippen LogP contribution in [0, 0.1) is 0 Å². The van der Waals surface area contributed by atoms with Crippen molar-refractivity contribution in [3.05, 3.63) is 42.0 Å². The second-order valence-corrected chi connectivity index (χ2v) is 4.36. The van der Waals surface area contributed by atoms with Gasteiger partial charge in [-0.3, -0.25) is 4.79 Å². The highest BCUT2D eigenvalue weighted by atomic mass is 16.5. The summed E-state index contributed by atoms with van der Waals surface area (Å²) in [6.45, 7) is 0. The molecule has 2 rings (SSSR count). The van der Waals surface area contributed by atoms with E-state index in [9.17, 15) is 4.79 Å². The molecule has 1 amide bonds. The molecular weight excluding hydrogens is 270 g/mol. The van der Waals surface area contributed by atoms with Gasteiger partial charge in [0.2, 0.25) is 0 Å². The fourth-order valence-corrected chi connectivity index (χ4v) is 1.94. The monoisotopic (exact) mass is 287 g/mol. The number of anilines is 3. The van der Waals surface area contributed by atoms with Crippen molar-refractivity contribution in [3.63, 3.8) is 0 Å². The number of methoxy groups -OCH3 is 2. The summed E-state index contributed by atoms with van der Waals surface area (Å²) in [4.78, 5) is 11.5. The van der Waals surface area contributed by atoms with Crippen LogP contribution in [-0.4, -0.2) is 20.1 Å². The van der Waals surface area contributed by atoms with Crippen molar-refractivity contribution >= 4 is 23.0 Å². The predicted molar refractivity (Wildman–Crippen MR) is 82.2 cm³/mol. The molecule has 110 valence electrons. The minimum Gasteiger partial charge on any atom is -0.493 e. The van der Waals surface area contributed by atoms with Gasteiger partial charge in [-0.15, -0.1) is 0 Å². The normalized spacial score (nSPS) is 10.0. The average Bonchev–Trinajstić information content (AvgIpc) is 2.48. The van der Waals surface area contributed by atoms with Crippen molar-refractivity contribution in [1.29, 1.82) is 0 Å². The highest BCUT2D eigenvalue weighted by Gasteiger charge is 2.10. The van der Waals surface area contributed by atoms with E-state index in [1.165, 1.54) is 6.07 Å². The van der Waals surface area contributed by atoms with Crippen molar-refractivity contribution in [1.82, 2.24) is 0 Å². The standard InChI is InChI=1S/C15H17N3O3/c1-20-13-6-4-10(8-14(13)21-2)18-12-5-3-9(16)7-11(12)15(17)19/h3-8,18H,16H2,1-2H3,(H2,17,19). The first-order chi connectivity index (χ1) is 10.0. The number of hydrogen-bond donors (Lipinski definition) is 3. The van der Waals surface area contributed by atoms with Gasteiger partial charge in [-0.2, -0.15) is 0 Å². The van der Waals surface area contributed by atoms with Gasteiger partial charge in [0.05, 0.1) is 25.5 Å². The summed E-state index contributed by atoms with van der Waals surface area (Å²) in [5.74, 6) is 0.652. The Morgan fingerprint density at radius 1 is 1.05 bits per heavy atom. The minimum atomic E-state index is -0.551. The molecule has 6 nitrogen and oxygen atoms in total. The Morgan fingerprint density at radius 2 is 1.76 bits per heavy atom. The van der Waals surface area contributed by atoms with Gasteiger partial charge in [0.15, 0.2) is 11.5 Å². The number of rotatable bonds is 5. The molecule has 2 aromatic rings. The van der Waals surface area contributed by atoms with E-state index in [1.54, 1.807) is 38.5 Å². The first-order valence-electron chi connectivity index (χ1n) is 6.23. The Hall–Kier alpha value is -2.89. The molecule has 0 radical (unpaired) electrons. The molecule has 0 saturated heterocycles. The maximum absolute atomic E-state index is 11.5. The van der Waals surface area contributed by atoms with Crippen LogP contribution in [0.15, 0.2) is 36.4 Å². The molecule has 0 fully saturated rings. The Labute approximate surface area is 122 Å². The van der Waals surface area contributed by atoms with Crippen LogP contribution in [0.5, 0.6) is 11.5 Å². The fraction of sp³-hybridized carbons (Fsp3) is 0.133. The van der Waals surface area contributed by atoms with Crippen LogP contribution in [0.1, 0.15) is 10.4 Å². The van der Waals surface area contributed by atoms with E-state index in [-0.39, 0.29) is 0 Å². The molecule has 0 atom stereocenters. The summed E-state index contributed by atoms with van der Waals surface area (Å²) in [6, 6.07) is 10.3. The summed E-state index contributed by atoms with van der Waals surface area (Å²) in [5, 5.41) is 3.12. The molecule has 2 aromatic carbocycles. The predicted octanol–water partition coefficient (Wildman–Crippen LogP) is 2.13. The van der Waals surface area contributed by atoms with Crippen LogP contribution in [0.2, 0.25) is 0 Å². The van der Waals surface area contributed by atoms with Gasteiger partial charge in [0.1, 0.15) is 0 Å². The quantitative estimate of drug-likeness (QED) is 0.731. The summed E-state index contributed by atoms with van der Waals surface area (Å²) in [5.41, 5.74) is 13.1. The molecule has 0 aliphatic carbocycles. The zero-order valence-electron chi connectivity index (χ0n) is 11.8. The van der Waals surface area contributed by atoms with Crippen molar-refractivity contribution in [2.24, 2.45) is 5.73 Å². The number of hydrogen-bond acceptors (Lipinski definition) is 5. The number of nitrogens with two attached hydrogens (primary N) is 2. The second-order valence-electron chi connectivity index (χ2n) is 4.36. The summed E-state index contributed by atoms with van der Waals surface area (Å²) < 4.78 is 10.4. The fourth-order valence-electron chi connectivity index (χ4n) is 1.94. The first kappa shape index (κ1) is 14.5. The number of nitrogen functional groups attached to an aromatic ring is 1. The van der Waals surface area contributed by atoms with Gasteiger partial charge < -0.3 is 26.3 Å². The minimum absolute atomic E-state index is 0.324. The zero-order valence-corrected chi connectivity index (χ0v) is 11.8. The number of amides is 1. The number of carbonyl (C=O) groups is 1. The van der Waals surface area contributed by atoms with Crippen molar-refractivity contribution in [3.8, 4) is 11.5 Å². The van der Waals surface area contributed by atoms with Gasteiger partial charge in [0.25, 0.3) is 5.91 Å². The zero-order chi connectivity index (χ0) is 15.4. The number of benzene rings is 2. The number of carbonyl (C=O) groups excluding carboxylic acids is 1. The lowest BCUT2D eigenvalue weighted by Gasteiger charge is -2.13. The SMILES string of the molecule is COc1ccc(Nc2ccc(N)cc2C(N)=O)cc1OC. The maximum Gasteiger partial charge on any atom is 0.250 e. The second kappa shape index (κ2) is 6.04. The van der Waals surface area contributed by atoms with Crippen molar-refractivity contribution in [2.45, 2.75) is 0 Å². The van der Waals surface area contributed by atoms with Crippen LogP contribution in [0.25, 0.3) is 0 Å². The Kier molecular flexibility index (Phi) is 4.18. The van der Waals surface area contributed by atoms with E-state index in [4.69, 9.17) is 20.9 Å². The molecule has 0 unspecified atom stereocenters. The Morgan fingerprint density at radius 3 is 2.38 bits per heavy atom. The smallest absolute Gasteiger partial charge is 0.250 e. The molecule has 0 aromatic heterocycles. The maximum atomic E-state index is 11.5. The van der Waals surface area contributed by atoms with Crippen LogP contribution < -0.4 is 26.3 Å². The van der Waals surface area contributed by atoms with Gasteiger partial charge in [-0.25, -0.2) is 0 Å². The van der Waals surface area contributed by atoms with Gasteiger partial charge >= 0.3 is 0 Å². The molecule has 0 bridgehead atoms. The Balaban J connectivity index is 2.36. The lowest BCUT2D eigenvalue weighted by molar-refractivity contribution is 0.100. The van der Waals surface area contributed by atoms with Crippen molar-refractivity contribution < 1.29 is 14.3 Å². The lowest BCUT2D eigenvalue weighted by Crippen LogP contribution is -2.13. The number of primary amides is 1. The summed E-state index contributed by atoms with van der Waals surface area (Å²) in [6.07, 6.45) is 0. The molecular formula is C15H17N3O3.